The summed E-state index contributed by atoms with van der Waals surface area (Å²) in [4.78, 5) is 7.15. The molecule has 0 amide bonds. The molecular weight excluding hydrogens is 355 g/mol. The SMILES string of the molecule is Oc1[nH]c2c(Cl)cc(Cl)cc2c1N=Nc1nc2ccccc2s1. The molecule has 8 heteroatoms. The van der Waals surface area contributed by atoms with Gasteiger partial charge in [-0.1, -0.05) is 46.7 Å². The van der Waals surface area contributed by atoms with Gasteiger partial charge in [0.05, 0.1) is 20.8 Å². The fourth-order valence-corrected chi connectivity index (χ4v) is 3.62. The number of azo groups is 1. The van der Waals surface area contributed by atoms with Crippen molar-refractivity contribution in [3.05, 3.63) is 46.4 Å². The molecule has 2 heterocycles. The van der Waals surface area contributed by atoms with E-state index < -0.39 is 0 Å². The van der Waals surface area contributed by atoms with Gasteiger partial charge in [-0.15, -0.1) is 10.2 Å². The number of para-hydroxylation sites is 1. The summed E-state index contributed by atoms with van der Waals surface area (Å²) in [5.41, 5.74) is 1.70. The summed E-state index contributed by atoms with van der Waals surface area (Å²) in [6.45, 7) is 0. The van der Waals surface area contributed by atoms with Gasteiger partial charge in [0, 0.05) is 10.4 Å². The van der Waals surface area contributed by atoms with Crippen LogP contribution in [0.3, 0.4) is 0 Å². The average Bonchev–Trinajstić information content (AvgIpc) is 3.06. The molecule has 0 aliphatic heterocycles. The van der Waals surface area contributed by atoms with E-state index in [-0.39, 0.29) is 11.6 Å². The number of H-pyrrole nitrogens is 1. The average molecular weight is 363 g/mol. The first-order valence-corrected chi connectivity index (χ1v) is 8.16. The maximum atomic E-state index is 10.0. The van der Waals surface area contributed by atoms with Gasteiger partial charge in [-0.2, -0.15) is 0 Å². The van der Waals surface area contributed by atoms with Crippen LogP contribution in [0.1, 0.15) is 0 Å². The van der Waals surface area contributed by atoms with Crippen LogP contribution in [0.4, 0.5) is 10.8 Å². The number of thiazole rings is 1. The Balaban J connectivity index is 1.81. The fourth-order valence-electron chi connectivity index (χ4n) is 2.29. The predicted octanol–water partition coefficient (Wildman–Crippen LogP) is 6.21. The van der Waals surface area contributed by atoms with Crippen molar-refractivity contribution < 1.29 is 5.11 Å². The highest BCUT2D eigenvalue weighted by Crippen LogP contribution is 2.41. The molecule has 2 aromatic carbocycles. The number of aromatic hydroxyl groups is 1. The van der Waals surface area contributed by atoms with E-state index in [0.29, 0.717) is 26.1 Å². The molecule has 5 nitrogen and oxygen atoms in total. The van der Waals surface area contributed by atoms with Crippen LogP contribution < -0.4 is 0 Å². The molecule has 4 aromatic rings. The smallest absolute Gasteiger partial charge is 0.231 e. The molecule has 0 aliphatic carbocycles. The second-order valence-electron chi connectivity index (χ2n) is 4.80. The van der Waals surface area contributed by atoms with Crippen LogP contribution in [0.15, 0.2) is 46.6 Å². The molecule has 0 unspecified atom stereocenters. The molecule has 23 heavy (non-hydrogen) atoms. The lowest BCUT2D eigenvalue weighted by molar-refractivity contribution is 0.459. The normalized spacial score (nSPS) is 11.9. The maximum Gasteiger partial charge on any atom is 0.231 e. The molecule has 0 saturated carbocycles. The molecule has 0 radical (unpaired) electrons. The molecule has 0 atom stereocenters. The summed E-state index contributed by atoms with van der Waals surface area (Å²) >= 11 is 13.5. The van der Waals surface area contributed by atoms with Crippen molar-refractivity contribution >= 4 is 66.5 Å². The van der Waals surface area contributed by atoms with Gasteiger partial charge in [-0.3, -0.25) is 0 Å². The number of hydrogen-bond acceptors (Lipinski definition) is 5. The lowest BCUT2D eigenvalue weighted by atomic mass is 10.2. The van der Waals surface area contributed by atoms with E-state index in [2.05, 4.69) is 20.2 Å². The minimum Gasteiger partial charge on any atom is -0.493 e. The lowest BCUT2D eigenvalue weighted by Gasteiger charge is -1.95. The molecule has 0 aliphatic rings. The van der Waals surface area contributed by atoms with Gasteiger partial charge in [0.1, 0.15) is 0 Å². The number of rotatable bonds is 2. The first-order chi connectivity index (χ1) is 11.1. The van der Waals surface area contributed by atoms with Gasteiger partial charge in [-0.25, -0.2) is 4.98 Å². The molecule has 2 N–H and O–H groups in total. The van der Waals surface area contributed by atoms with Crippen molar-refractivity contribution in [3.8, 4) is 5.88 Å². The zero-order valence-corrected chi connectivity index (χ0v) is 13.7. The van der Waals surface area contributed by atoms with E-state index in [4.69, 9.17) is 23.2 Å². The van der Waals surface area contributed by atoms with Crippen LogP contribution >= 0.6 is 34.5 Å². The minimum atomic E-state index is -0.117. The number of nitrogens with one attached hydrogen (secondary N) is 1. The topological polar surface area (TPSA) is 73.6 Å². The van der Waals surface area contributed by atoms with E-state index in [1.54, 1.807) is 12.1 Å². The van der Waals surface area contributed by atoms with Gasteiger partial charge in [0.25, 0.3) is 0 Å². The summed E-state index contributed by atoms with van der Waals surface area (Å²) in [6, 6.07) is 11.0. The summed E-state index contributed by atoms with van der Waals surface area (Å²) in [7, 11) is 0. The van der Waals surface area contributed by atoms with Gasteiger partial charge in [0.2, 0.25) is 11.0 Å². The summed E-state index contributed by atoms with van der Waals surface area (Å²) in [5, 5.41) is 20.3. The number of benzene rings is 2. The third-order valence-electron chi connectivity index (χ3n) is 3.30. The molecule has 0 fully saturated rings. The second-order valence-corrected chi connectivity index (χ2v) is 6.65. The van der Waals surface area contributed by atoms with Crippen LogP contribution in [0.25, 0.3) is 21.1 Å². The summed E-state index contributed by atoms with van der Waals surface area (Å²) < 4.78 is 1.02. The highest BCUT2D eigenvalue weighted by atomic mass is 35.5. The van der Waals surface area contributed by atoms with Crippen LogP contribution in [-0.4, -0.2) is 15.1 Å². The van der Waals surface area contributed by atoms with Crippen LogP contribution in [0, 0.1) is 0 Å². The molecule has 2 aromatic heterocycles. The van der Waals surface area contributed by atoms with Crippen molar-refractivity contribution in [2.75, 3.05) is 0 Å². The molecule has 0 saturated heterocycles. The predicted molar refractivity (Wildman–Crippen MR) is 93.8 cm³/mol. The van der Waals surface area contributed by atoms with Crippen molar-refractivity contribution in [1.29, 1.82) is 0 Å². The zero-order valence-electron chi connectivity index (χ0n) is 11.4. The Morgan fingerprint density at radius 3 is 2.78 bits per heavy atom. The second kappa shape index (κ2) is 5.49. The Morgan fingerprint density at radius 2 is 1.96 bits per heavy atom. The molecule has 0 bridgehead atoms. The van der Waals surface area contributed by atoms with Crippen LogP contribution in [0.5, 0.6) is 5.88 Å². The van der Waals surface area contributed by atoms with Crippen molar-refractivity contribution in [1.82, 2.24) is 9.97 Å². The quantitative estimate of drug-likeness (QED) is 0.416. The Morgan fingerprint density at radius 1 is 1.13 bits per heavy atom. The van der Waals surface area contributed by atoms with Gasteiger partial charge < -0.3 is 10.1 Å². The highest BCUT2D eigenvalue weighted by Gasteiger charge is 2.14. The Labute approximate surface area is 144 Å². The fraction of sp³-hybridized carbons (Fsp3) is 0. The first kappa shape index (κ1) is 14.4. The van der Waals surface area contributed by atoms with E-state index >= 15 is 0 Å². The Kier molecular flexibility index (Phi) is 3.45. The first-order valence-electron chi connectivity index (χ1n) is 6.59. The Bertz CT molecular complexity index is 1040. The monoisotopic (exact) mass is 362 g/mol. The zero-order chi connectivity index (χ0) is 16.0. The number of halogens is 2. The largest absolute Gasteiger partial charge is 0.493 e. The maximum absolute atomic E-state index is 10.0. The lowest BCUT2D eigenvalue weighted by Crippen LogP contribution is -1.71. The number of hydrogen-bond donors (Lipinski definition) is 2. The van der Waals surface area contributed by atoms with Gasteiger partial charge >= 0.3 is 0 Å². The summed E-state index contributed by atoms with van der Waals surface area (Å²) in [5.74, 6) is -0.117. The number of aromatic nitrogens is 2. The van der Waals surface area contributed by atoms with Crippen molar-refractivity contribution in [2.45, 2.75) is 0 Å². The van der Waals surface area contributed by atoms with Crippen molar-refractivity contribution in [2.24, 2.45) is 10.2 Å². The van der Waals surface area contributed by atoms with Gasteiger partial charge in [0.15, 0.2) is 5.69 Å². The number of aromatic amines is 1. The highest BCUT2D eigenvalue weighted by molar-refractivity contribution is 7.21. The molecular formula is C15H8Cl2N4OS. The third-order valence-corrected chi connectivity index (χ3v) is 4.73. The summed E-state index contributed by atoms with van der Waals surface area (Å²) in [6.07, 6.45) is 0. The third kappa shape index (κ3) is 2.55. The van der Waals surface area contributed by atoms with Crippen molar-refractivity contribution in [3.63, 3.8) is 0 Å². The van der Waals surface area contributed by atoms with E-state index in [9.17, 15) is 5.11 Å². The number of nitrogens with zero attached hydrogens (tertiary/aromatic N) is 3. The van der Waals surface area contributed by atoms with Gasteiger partial charge in [-0.05, 0) is 24.3 Å². The standard InChI is InChI=1S/C15H8Cl2N4OS/c16-7-5-8-12(9(17)6-7)19-14(22)13(8)20-21-15-18-10-3-1-2-4-11(10)23-15/h1-6,19,22H. The van der Waals surface area contributed by atoms with Crippen LogP contribution in [-0.2, 0) is 0 Å². The van der Waals surface area contributed by atoms with Crippen LogP contribution in [0.2, 0.25) is 10.0 Å². The van der Waals surface area contributed by atoms with E-state index in [0.717, 1.165) is 10.2 Å². The molecule has 114 valence electrons. The number of fused-ring (bicyclic) bond motifs is 2. The molecule has 0 spiro atoms. The minimum absolute atomic E-state index is 0.117. The van der Waals surface area contributed by atoms with E-state index in [1.807, 2.05) is 24.3 Å². The Hall–Kier alpha value is -2.15. The molecule has 4 rings (SSSR count). The van der Waals surface area contributed by atoms with E-state index in [1.165, 1.54) is 11.3 Å².